The summed E-state index contributed by atoms with van der Waals surface area (Å²) in [6.07, 6.45) is 5.41. The number of hydrogen-bond acceptors (Lipinski definition) is 2. The second-order valence-electron chi connectivity index (χ2n) is 6.76. The van der Waals surface area contributed by atoms with Crippen LogP contribution in [0.2, 0.25) is 0 Å². The second-order valence-corrected chi connectivity index (χ2v) is 6.76. The second kappa shape index (κ2) is 6.62. The molecular weight excluding hydrogens is 246 g/mol. The molecule has 2 unspecified atom stereocenters. The molecule has 1 aromatic carbocycles. The Kier molecular flexibility index (Phi) is 5.09. The molecule has 0 amide bonds. The van der Waals surface area contributed by atoms with Gasteiger partial charge in [0.15, 0.2) is 0 Å². The summed E-state index contributed by atoms with van der Waals surface area (Å²) in [4.78, 5) is 0. The van der Waals surface area contributed by atoms with Crippen LogP contribution < -0.4 is 5.32 Å². The third kappa shape index (κ3) is 3.54. The van der Waals surface area contributed by atoms with Crippen LogP contribution in [0.3, 0.4) is 0 Å². The molecule has 20 heavy (non-hydrogen) atoms. The molecule has 2 rings (SSSR count). The van der Waals surface area contributed by atoms with E-state index >= 15 is 0 Å². The zero-order valence-electron chi connectivity index (χ0n) is 13.4. The zero-order valence-corrected chi connectivity index (χ0v) is 13.4. The summed E-state index contributed by atoms with van der Waals surface area (Å²) in [5, 5.41) is 13.6. The minimum Gasteiger partial charge on any atom is -0.507 e. The fourth-order valence-electron chi connectivity index (χ4n) is 3.61. The summed E-state index contributed by atoms with van der Waals surface area (Å²) < 4.78 is 0. The van der Waals surface area contributed by atoms with Gasteiger partial charge < -0.3 is 10.4 Å². The fourth-order valence-corrected chi connectivity index (χ4v) is 3.61. The van der Waals surface area contributed by atoms with Crippen molar-refractivity contribution < 1.29 is 5.11 Å². The fraction of sp³-hybridized carbons (Fsp3) is 0.667. The van der Waals surface area contributed by atoms with E-state index in [9.17, 15) is 5.11 Å². The lowest BCUT2D eigenvalue weighted by molar-refractivity contribution is 0.204. The Morgan fingerprint density at radius 1 is 1.15 bits per heavy atom. The first-order chi connectivity index (χ1) is 9.49. The molecule has 0 bridgehead atoms. The van der Waals surface area contributed by atoms with Crippen molar-refractivity contribution in [2.45, 2.75) is 66.0 Å². The van der Waals surface area contributed by atoms with Crippen LogP contribution in [-0.2, 0) is 6.54 Å². The number of hydrogen-bond donors (Lipinski definition) is 2. The van der Waals surface area contributed by atoms with E-state index in [1.54, 1.807) is 0 Å². The predicted octanol–water partition coefficient (Wildman–Crippen LogP) is 4.31. The molecule has 1 saturated carbocycles. The molecule has 0 radical (unpaired) electrons. The first-order valence-electron chi connectivity index (χ1n) is 8.01. The molecule has 112 valence electrons. The average Bonchev–Trinajstić information content (AvgIpc) is 2.42. The Labute approximate surface area is 123 Å². The number of rotatable bonds is 4. The van der Waals surface area contributed by atoms with Gasteiger partial charge in [-0.2, -0.15) is 0 Å². The van der Waals surface area contributed by atoms with Crippen molar-refractivity contribution in [3.63, 3.8) is 0 Å². The Morgan fingerprint density at radius 3 is 2.35 bits per heavy atom. The molecule has 1 aliphatic carbocycles. The van der Waals surface area contributed by atoms with E-state index in [0.29, 0.717) is 11.8 Å². The van der Waals surface area contributed by atoms with Crippen LogP contribution in [0.5, 0.6) is 5.75 Å². The summed E-state index contributed by atoms with van der Waals surface area (Å²) in [6, 6.07) is 4.85. The molecular formula is C18H29NO. The molecule has 0 saturated heterocycles. The monoisotopic (exact) mass is 275 g/mol. The lowest BCUT2D eigenvalue weighted by atomic mass is 9.78. The van der Waals surface area contributed by atoms with E-state index in [1.807, 2.05) is 13.8 Å². The van der Waals surface area contributed by atoms with Gasteiger partial charge in [-0.15, -0.1) is 0 Å². The van der Waals surface area contributed by atoms with E-state index in [1.165, 1.54) is 31.2 Å². The first-order valence-corrected chi connectivity index (χ1v) is 8.01. The van der Waals surface area contributed by atoms with E-state index in [-0.39, 0.29) is 0 Å². The van der Waals surface area contributed by atoms with E-state index < -0.39 is 0 Å². The molecule has 2 atom stereocenters. The molecule has 2 heteroatoms. The molecule has 2 N–H and O–H groups in total. The Morgan fingerprint density at radius 2 is 1.75 bits per heavy atom. The van der Waals surface area contributed by atoms with Gasteiger partial charge >= 0.3 is 0 Å². The summed E-state index contributed by atoms with van der Waals surface area (Å²) >= 11 is 0. The van der Waals surface area contributed by atoms with E-state index in [0.717, 1.165) is 29.5 Å². The largest absolute Gasteiger partial charge is 0.507 e. The number of benzene rings is 1. The highest BCUT2D eigenvalue weighted by atomic mass is 16.3. The molecule has 0 heterocycles. The van der Waals surface area contributed by atoms with Crippen LogP contribution in [0.15, 0.2) is 12.1 Å². The summed E-state index contributed by atoms with van der Waals surface area (Å²) in [6.45, 7) is 9.56. The third-order valence-electron chi connectivity index (χ3n) is 4.79. The molecule has 0 aliphatic heterocycles. The molecule has 0 spiro atoms. The molecule has 2 nitrogen and oxygen atoms in total. The standard InChI is InChI=1S/C18H29NO/c1-12(2)16-7-5-6-8-17(16)19-11-15-9-13(3)18(20)14(4)10-15/h9-10,12,16-17,19-20H,5-8,11H2,1-4H3. The highest BCUT2D eigenvalue weighted by molar-refractivity contribution is 5.42. The number of phenolic OH excluding ortho intramolecular Hbond substituents is 1. The van der Waals surface area contributed by atoms with Crippen molar-refractivity contribution in [2.24, 2.45) is 11.8 Å². The maximum Gasteiger partial charge on any atom is 0.121 e. The van der Waals surface area contributed by atoms with Crippen molar-refractivity contribution in [3.8, 4) is 5.75 Å². The third-order valence-corrected chi connectivity index (χ3v) is 4.79. The van der Waals surface area contributed by atoms with Crippen molar-refractivity contribution >= 4 is 0 Å². The lowest BCUT2D eigenvalue weighted by Crippen LogP contribution is -2.40. The van der Waals surface area contributed by atoms with Gasteiger partial charge in [-0.1, -0.05) is 38.8 Å². The Bertz CT molecular complexity index is 430. The average molecular weight is 275 g/mol. The van der Waals surface area contributed by atoms with Gasteiger partial charge in [0.05, 0.1) is 0 Å². The SMILES string of the molecule is Cc1cc(CNC2CCCCC2C(C)C)cc(C)c1O. The van der Waals surface area contributed by atoms with Crippen LogP contribution in [0.1, 0.15) is 56.2 Å². The van der Waals surface area contributed by atoms with Gasteiger partial charge in [0.25, 0.3) is 0 Å². The van der Waals surface area contributed by atoms with Gasteiger partial charge in [-0.3, -0.25) is 0 Å². The van der Waals surface area contributed by atoms with Crippen LogP contribution in [-0.4, -0.2) is 11.1 Å². The maximum absolute atomic E-state index is 9.84. The molecule has 0 aromatic heterocycles. The molecule has 1 aliphatic rings. The van der Waals surface area contributed by atoms with Gasteiger partial charge in [0.1, 0.15) is 5.75 Å². The molecule has 1 aromatic rings. The smallest absolute Gasteiger partial charge is 0.121 e. The van der Waals surface area contributed by atoms with Crippen LogP contribution in [0.25, 0.3) is 0 Å². The number of aryl methyl sites for hydroxylation is 2. The van der Waals surface area contributed by atoms with Crippen molar-refractivity contribution in [2.75, 3.05) is 0 Å². The summed E-state index contributed by atoms with van der Waals surface area (Å²) in [5.41, 5.74) is 3.24. The van der Waals surface area contributed by atoms with E-state index in [4.69, 9.17) is 0 Å². The lowest BCUT2D eigenvalue weighted by Gasteiger charge is -2.35. The highest BCUT2D eigenvalue weighted by Gasteiger charge is 2.26. The molecule has 1 fully saturated rings. The normalized spacial score (nSPS) is 23.2. The van der Waals surface area contributed by atoms with Gasteiger partial charge in [-0.05, 0) is 55.2 Å². The van der Waals surface area contributed by atoms with E-state index in [2.05, 4.69) is 31.3 Å². The Balaban J connectivity index is 2.00. The minimum absolute atomic E-state index is 0.437. The zero-order chi connectivity index (χ0) is 14.7. The number of aromatic hydroxyl groups is 1. The Hall–Kier alpha value is -1.02. The number of nitrogens with one attached hydrogen (secondary N) is 1. The topological polar surface area (TPSA) is 32.3 Å². The van der Waals surface area contributed by atoms with Crippen molar-refractivity contribution in [3.05, 3.63) is 28.8 Å². The van der Waals surface area contributed by atoms with Gasteiger partial charge in [-0.25, -0.2) is 0 Å². The predicted molar refractivity (Wildman–Crippen MR) is 85.0 cm³/mol. The quantitative estimate of drug-likeness (QED) is 0.858. The van der Waals surface area contributed by atoms with Gasteiger partial charge in [0, 0.05) is 12.6 Å². The van der Waals surface area contributed by atoms with Crippen LogP contribution in [0, 0.1) is 25.7 Å². The summed E-state index contributed by atoms with van der Waals surface area (Å²) in [7, 11) is 0. The van der Waals surface area contributed by atoms with Crippen LogP contribution >= 0.6 is 0 Å². The number of phenols is 1. The summed E-state index contributed by atoms with van der Waals surface area (Å²) in [5.74, 6) is 2.01. The van der Waals surface area contributed by atoms with Crippen LogP contribution in [0.4, 0.5) is 0 Å². The maximum atomic E-state index is 9.84. The van der Waals surface area contributed by atoms with Crippen molar-refractivity contribution in [1.29, 1.82) is 0 Å². The highest BCUT2D eigenvalue weighted by Crippen LogP contribution is 2.30. The first kappa shape index (κ1) is 15.4. The van der Waals surface area contributed by atoms with Crippen molar-refractivity contribution in [1.82, 2.24) is 5.32 Å². The van der Waals surface area contributed by atoms with Gasteiger partial charge in [0.2, 0.25) is 0 Å². The minimum atomic E-state index is 0.437.